The van der Waals surface area contributed by atoms with Crippen LogP contribution < -0.4 is 5.43 Å². The molecule has 0 aromatic carbocycles. The first-order valence-electron chi connectivity index (χ1n) is 8.23. The van der Waals surface area contributed by atoms with Crippen molar-refractivity contribution in [2.75, 3.05) is 0 Å². The van der Waals surface area contributed by atoms with Crippen molar-refractivity contribution in [2.45, 2.75) is 46.2 Å². The van der Waals surface area contributed by atoms with Crippen LogP contribution in [0.4, 0.5) is 0 Å². The third-order valence-corrected chi connectivity index (χ3v) is 3.62. The molecule has 0 saturated heterocycles. The second kappa shape index (κ2) is 9.55. The molecule has 1 unspecified atom stereocenters. The van der Waals surface area contributed by atoms with Crippen molar-refractivity contribution in [3.8, 4) is 0 Å². The number of furan rings is 1. The van der Waals surface area contributed by atoms with Gasteiger partial charge in [-0.15, -0.1) is 0 Å². The van der Waals surface area contributed by atoms with Gasteiger partial charge in [0.25, 0.3) is 0 Å². The van der Waals surface area contributed by atoms with Crippen molar-refractivity contribution >= 4 is 6.21 Å². The molecule has 5 heteroatoms. The largest absolute Gasteiger partial charge is 0.463 e. The Morgan fingerprint density at radius 3 is 2.92 bits per heavy atom. The molecule has 0 aliphatic carbocycles. The van der Waals surface area contributed by atoms with Gasteiger partial charge in [0.1, 0.15) is 11.9 Å². The quantitative estimate of drug-likeness (QED) is 0.413. The van der Waals surface area contributed by atoms with E-state index in [-0.39, 0.29) is 6.17 Å². The molecule has 0 bridgehead atoms. The normalized spacial score (nSPS) is 13.2. The molecule has 0 fully saturated rings. The van der Waals surface area contributed by atoms with Crippen LogP contribution >= 0.6 is 0 Å². The van der Waals surface area contributed by atoms with Crippen LogP contribution in [-0.2, 0) is 0 Å². The van der Waals surface area contributed by atoms with E-state index >= 15 is 0 Å². The van der Waals surface area contributed by atoms with Gasteiger partial charge in [0, 0.05) is 18.8 Å². The summed E-state index contributed by atoms with van der Waals surface area (Å²) in [5.41, 5.74) is 5.92. The Balaban J connectivity index is 1.93. The van der Waals surface area contributed by atoms with E-state index in [0.29, 0.717) is 0 Å². The molecule has 2 heterocycles. The molecule has 2 aromatic rings. The minimum absolute atomic E-state index is 0.0251. The van der Waals surface area contributed by atoms with Gasteiger partial charge < -0.3 is 8.98 Å². The lowest BCUT2D eigenvalue weighted by Crippen LogP contribution is -2.21. The number of aromatic nitrogens is 2. The van der Waals surface area contributed by atoms with E-state index in [4.69, 9.17) is 4.42 Å². The maximum Gasteiger partial charge on any atom is 0.146 e. The number of hydrogen-bond donors (Lipinski definition) is 1. The highest BCUT2D eigenvalue weighted by Gasteiger charge is 2.07. The Labute approximate surface area is 143 Å². The van der Waals surface area contributed by atoms with E-state index in [1.807, 2.05) is 22.9 Å². The Bertz CT molecular complexity index is 662. The highest BCUT2D eigenvalue weighted by molar-refractivity contribution is 5.75. The summed E-state index contributed by atoms with van der Waals surface area (Å²) in [6.45, 7) is 6.44. The van der Waals surface area contributed by atoms with Crippen molar-refractivity contribution in [1.82, 2.24) is 15.0 Å². The molecular weight excluding hydrogens is 300 g/mol. The van der Waals surface area contributed by atoms with E-state index in [2.05, 4.69) is 48.4 Å². The van der Waals surface area contributed by atoms with Crippen molar-refractivity contribution in [3.63, 3.8) is 0 Å². The zero-order valence-electron chi connectivity index (χ0n) is 14.6. The summed E-state index contributed by atoms with van der Waals surface area (Å²) in [5, 5.41) is 4.28. The highest BCUT2D eigenvalue weighted by Crippen LogP contribution is 2.13. The molecule has 0 spiro atoms. The fourth-order valence-electron chi connectivity index (χ4n) is 2.25. The molecule has 0 aliphatic rings. The molecule has 1 atom stereocenters. The third kappa shape index (κ3) is 6.28. The molecule has 0 saturated carbocycles. The van der Waals surface area contributed by atoms with Crippen molar-refractivity contribution in [3.05, 3.63) is 66.2 Å². The Hall–Kier alpha value is -2.56. The minimum atomic E-state index is 0.0251. The van der Waals surface area contributed by atoms with Crippen LogP contribution in [0.15, 0.2) is 69.9 Å². The van der Waals surface area contributed by atoms with Gasteiger partial charge in [0.2, 0.25) is 0 Å². The molecule has 24 heavy (non-hydrogen) atoms. The van der Waals surface area contributed by atoms with Gasteiger partial charge in [-0.3, -0.25) is 5.43 Å². The highest BCUT2D eigenvalue weighted by atomic mass is 16.3. The lowest BCUT2D eigenvalue weighted by Gasteiger charge is -2.16. The molecule has 1 N–H and O–H groups in total. The number of nitrogens with one attached hydrogen (secondary N) is 1. The summed E-state index contributed by atoms with van der Waals surface area (Å²) < 4.78 is 7.26. The van der Waals surface area contributed by atoms with Gasteiger partial charge in [0.05, 0.1) is 18.8 Å². The fourth-order valence-corrected chi connectivity index (χ4v) is 2.25. The molecule has 5 nitrogen and oxygen atoms in total. The van der Waals surface area contributed by atoms with Gasteiger partial charge in [0.15, 0.2) is 0 Å². The van der Waals surface area contributed by atoms with Crippen LogP contribution in [-0.4, -0.2) is 15.8 Å². The summed E-state index contributed by atoms with van der Waals surface area (Å²) in [7, 11) is 0. The first-order chi connectivity index (χ1) is 11.6. The molecule has 0 radical (unpaired) electrons. The summed E-state index contributed by atoms with van der Waals surface area (Å²) in [5.74, 6) is 0.723. The van der Waals surface area contributed by atoms with Gasteiger partial charge >= 0.3 is 0 Å². The molecular formula is C19H26N4O. The van der Waals surface area contributed by atoms with E-state index in [9.17, 15) is 0 Å². The average molecular weight is 326 g/mol. The topological polar surface area (TPSA) is 55.4 Å². The van der Waals surface area contributed by atoms with Crippen LogP contribution in [0.2, 0.25) is 0 Å². The molecule has 2 rings (SSSR count). The fraction of sp³-hybridized carbons (Fsp3) is 0.368. The van der Waals surface area contributed by atoms with Crippen LogP contribution in [0, 0.1) is 0 Å². The number of hydrazone groups is 1. The average Bonchev–Trinajstić information content (AvgIpc) is 3.23. The number of nitrogens with zero attached hydrogens (tertiary/aromatic N) is 3. The zero-order chi connectivity index (χ0) is 17.2. The van der Waals surface area contributed by atoms with Crippen molar-refractivity contribution < 1.29 is 4.42 Å². The number of allylic oxidation sites excluding steroid dienone is 3. The second-order valence-electron chi connectivity index (χ2n) is 6.03. The minimum Gasteiger partial charge on any atom is -0.463 e. The Kier molecular flexibility index (Phi) is 7.08. The lowest BCUT2D eigenvalue weighted by atomic mass is 10.1. The van der Waals surface area contributed by atoms with Gasteiger partial charge in [-0.1, -0.05) is 23.3 Å². The van der Waals surface area contributed by atoms with Gasteiger partial charge in [-0.25, -0.2) is 4.98 Å². The van der Waals surface area contributed by atoms with Crippen LogP contribution in [0.25, 0.3) is 0 Å². The maximum atomic E-state index is 5.24. The Morgan fingerprint density at radius 1 is 1.38 bits per heavy atom. The Morgan fingerprint density at radius 2 is 2.25 bits per heavy atom. The second-order valence-corrected chi connectivity index (χ2v) is 6.03. The third-order valence-electron chi connectivity index (χ3n) is 3.62. The summed E-state index contributed by atoms with van der Waals surface area (Å²) in [4.78, 5) is 4.12. The first kappa shape index (κ1) is 17.8. The summed E-state index contributed by atoms with van der Waals surface area (Å²) >= 11 is 0. The molecule has 128 valence electrons. The van der Waals surface area contributed by atoms with E-state index < -0.39 is 0 Å². The maximum absolute atomic E-state index is 5.24. The number of hydrogen-bond acceptors (Lipinski definition) is 4. The standard InChI is InChI=1S/C19H26N4O/c1-16(2)6-4-7-17(3)9-10-19(23-12-11-20-15-23)22-21-14-18-8-5-13-24-18/h5-6,8-9,11-15,19,22H,4,7,10H2,1-3H3. The predicted molar refractivity (Wildman–Crippen MR) is 97.7 cm³/mol. The first-order valence-corrected chi connectivity index (χ1v) is 8.23. The molecule has 0 aliphatic heterocycles. The molecule has 2 aromatic heterocycles. The SMILES string of the molecule is CC(C)=CCCC(C)=CCC(NN=Cc1ccco1)n1ccnc1. The van der Waals surface area contributed by atoms with Crippen LogP contribution in [0.5, 0.6) is 0 Å². The lowest BCUT2D eigenvalue weighted by molar-refractivity contribution is 0.417. The zero-order valence-corrected chi connectivity index (χ0v) is 14.6. The number of imidazole rings is 1. The smallest absolute Gasteiger partial charge is 0.146 e. The van der Waals surface area contributed by atoms with Crippen LogP contribution in [0.3, 0.4) is 0 Å². The van der Waals surface area contributed by atoms with Gasteiger partial charge in [-0.05, 0) is 45.7 Å². The van der Waals surface area contributed by atoms with Crippen LogP contribution in [0.1, 0.15) is 52.0 Å². The summed E-state index contributed by atoms with van der Waals surface area (Å²) in [6, 6.07) is 3.71. The van der Waals surface area contributed by atoms with Crippen molar-refractivity contribution in [2.24, 2.45) is 5.10 Å². The van der Waals surface area contributed by atoms with E-state index in [0.717, 1.165) is 25.0 Å². The molecule has 0 amide bonds. The number of rotatable bonds is 9. The summed E-state index contributed by atoms with van der Waals surface area (Å²) in [6.07, 6.45) is 16.4. The predicted octanol–water partition coefficient (Wildman–Crippen LogP) is 4.68. The van der Waals surface area contributed by atoms with E-state index in [1.54, 1.807) is 25.0 Å². The monoisotopic (exact) mass is 326 g/mol. The van der Waals surface area contributed by atoms with Crippen molar-refractivity contribution in [1.29, 1.82) is 0 Å². The van der Waals surface area contributed by atoms with E-state index in [1.165, 1.54) is 11.1 Å². The van der Waals surface area contributed by atoms with Gasteiger partial charge in [-0.2, -0.15) is 5.10 Å².